The highest BCUT2D eigenvalue weighted by Crippen LogP contribution is 2.37. The average Bonchev–Trinajstić information content (AvgIpc) is 2.74. The van der Waals surface area contributed by atoms with E-state index in [0.717, 1.165) is 28.0 Å². The third-order valence-corrected chi connectivity index (χ3v) is 4.17. The summed E-state index contributed by atoms with van der Waals surface area (Å²) < 4.78 is 2.65. The minimum Gasteiger partial charge on any atom is -0.623 e. The number of hydroxylamine groups is 1. The van der Waals surface area contributed by atoms with Gasteiger partial charge < -0.3 is 9.77 Å². The lowest BCUT2D eigenvalue weighted by molar-refractivity contribution is -0.439. The number of carbonyl (C=O) groups excluding carboxylic acids is 1. The van der Waals surface area contributed by atoms with Crippen molar-refractivity contribution in [3.05, 3.63) is 65.5 Å². The van der Waals surface area contributed by atoms with E-state index in [9.17, 15) is 10.0 Å². The van der Waals surface area contributed by atoms with Crippen LogP contribution in [0.1, 0.15) is 5.69 Å². The molecule has 1 aromatic heterocycles. The van der Waals surface area contributed by atoms with Gasteiger partial charge in [-0.25, -0.2) is 4.74 Å². The number of aryl methyl sites for hydroxylation is 1. The highest BCUT2D eigenvalue weighted by Gasteiger charge is 2.31. The Balaban J connectivity index is 2.09. The van der Waals surface area contributed by atoms with Crippen molar-refractivity contribution in [2.75, 3.05) is 11.4 Å². The SMILES string of the molecule is Cn1c2c(c3ccccc31)N(c1ccccc1)C(=O)C[N+]([O-])=C2. The van der Waals surface area contributed by atoms with Crippen LogP contribution < -0.4 is 4.90 Å². The van der Waals surface area contributed by atoms with Gasteiger partial charge in [-0.2, -0.15) is 0 Å². The maximum Gasteiger partial charge on any atom is 0.298 e. The molecule has 0 fully saturated rings. The van der Waals surface area contributed by atoms with Gasteiger partial charge in [-0.3, -0.25) is 9.69 Å². The number of aromatic nitrogens is 1. The van der Waals surface area contributed by atoms with E-state index in [1.165, 1.54) is 6.21 Å². The van der Waals surface area contributed by atoms with Gasteiger partial charge in [0, 0.05) is 18.1 Å². The molecule has 1 amide bonds. The lowest BCUT2D eigenvalue weighted by Crippen LogP contribution is -2.30. The van der Waals surface area contributed by atoms with Crippen LogP contribution in [0.25, 0.3) is 10.9 Å². The van der Waals surface area contributed by atoms with Gasteiger partial charge in [0.05, 0.1) is 11.2 Å². The Kier molecular flexibility index (Phi) is 2.94. The molecule has 5 heteroatoms. The van der Waals surface area contributed by atoms with Crippen LogP contribution in [0, 0.1) is 5.21 Å². The highest BCUT2D eigenvalue weighted by atomic mass is 16.5. The second-order valence-corrected chi connectivity index (χ2v) is 5.58. The van der Waals surface area contributed by atoms with Crippen molar-refractivity contribution in [2.24, 2.45) is 7.05 Å². The largest absolute Gasteiger partial charge is 0.623 e. The summed E-state index contributed by atoms with van der Waals surface area (Å²) in [6.07, 6.45) is 1.50. The summed E-state index contributed by atoms with van der Waals surface area (Å²) >= 11 is 0. The van der Waals surface area contributed by atoms with Crippen molar-refractivity contribution in [2.45, 2.75) is 0 Å². The van der Waals surface area contributed by atoms with Gasteiger partial charge in [0.1, 0.15) is 5.69 Å². The predicted octanol–water partition coefficient (Wildman–Crippen LogP) is 2.79. The number of benzene rings is 2. The first-order valence-corrected chi connectivity index (χ1v) is 7.41. The first kappa shape index (κ1) is 13.6. The van der Waals surface area contributed by atoms with Crippen LogP contribution in [0.2, 0.25) is 0 Å². The van der Waals surface area contributed by atoms with Crippen LogP contribution in [0.5, 0.6) is 0 Å². The second kappa shape index (κ2) is 4.98. The van der Waals surface area contributed by atoms with E-state index in [1.807, 2.05) is 66.2 Å². The summed E-state index contributed by atoms with van der Waals surface area (Å²) in [6, 6.07) is 17.3. The summed E-state index contributed by atoms with van der Waals surface area (Å²) in [7, 11) is 1.91. The summed E-state index contributed by atoms with van der Waals surface area (Å²) in [4.78, 5) is 14.3. The molecule has 5 nitrogen and oxygen atoms in total. The number of para-hydroxylation sites is 2. The fourth-order valence-corrected chi connectivity index (χ4v) is 3.14. The number of hydrogen-bond acceptors (Lipinski definition) is 2. The Labute approximate surface area is 133 Å². The number of fused-ring (bicyclic) bond motifs is 3. The molecule has 114 valence electrons. The smallest absolute Gasteiger partial charge is 0.298 e. The van der Waals surface area contributed by atoms with Gasteiger partial charge in [0.25, 0.3) is 5.91 Å². The molecule has 0 atom stereocenters. The number of rotatable bonds is 1. The second-order valence-electron chi connectivity index (χ2n) is 5.58. The molecule has 0 saturated heterocycles. The van der Waals surface area contributed by atoms with E-state index >= 15 is 0 Å². The summed E-state index contributed by atoms with van der Waals surface area (Å²) in [6.45, 7) is -0.197. The molecule has 23 heavy (non-hydrogen) atoms. The van der Waals surface area contributed by atoms with Gasteiger partial charge in [0.2, 0.25) is 12.8 Å². The third-order valence-electron chi connectivity index (χ3n) is 4.17. The van der Waals surface area contributed by atoms with Crippen LogP contribution in [0.15, 0.2) is 54.6 Å². The van der Waals surface area contributed by atoms with E-state index in [2.05, 4.69) is 0 Å². The van der Waals surface area contributed by atoms with E-state index in [-0.39, 0.29) is 12.5 Å². The van der Waals surface area contributed by atoms with Crippen molar-refractivity contribution in [1.29, 1.82) is 0 Å². The quantitative estimate of drug-likeness (QED) is 0.513. The van der Waals surface area contributed by atoms with Crippen molar-refractivity contribution < 1.29 is 9.53 Å². The van der Waals surface area contributed by atoms with E-state index in [1.54, 1.807) is 4.90 Å². The molecule has 1 aliphatic rings. The van der Waals surface area contributed by atoms with Crippen LogP contribution in [0.3, 0.4) is 0 Å². The Morgan fingerprint density at radius 1 is 1.04 bits per heavy atom. The Hall–Kier alpha value is -3.08. The molecule has 0 bridgehead atoms. The molecule has 0 aliphatic carbocycles. The van der Waals surface area contributed by atoms with Crippen LogP contribution in [0.4, 0.5) is 11.4 Å². The first-order valence-electron chi connectivity index (χ1n) is 7.41. The maximum atomic E-state index is 12.7. The molecule has 0 unspecified atom stereocenters. The maximum absolute atomic E-state index is 12.7. The van der Waals surface area contributed by atoms with Crippen molar-refractivity contribution in [1.82, 2.24) is 4.57 Å². The van der Waals surface area contributed by atoms with Crippen LogP contribution in [-0.4, -0.2) is 28.0 Å². The molecule has 2 heterocycles. The zero-order valence-corrected chi connectivity index (χ0v) is 12.6. The normalized spacial score (nSPS) is 14.6. The average molecular weight is 305 g/mol. The summed E-state index contributed by atoms with van der Waals surface area (Å²) in [5.41, 5.74) is 3.24. The summed E-state index contributed by atoms with van der Waals surface area (Å²) in [5.74, 6) is -0.238. The minimum absolute atomic E-state index is 0.197. The molecular weight excluding hydrogens is 290 g/mol. The zero-order chi connectivity index (χ0) is 16.0. The molecule has 0 N–H and O–H groups in total. The van der Waals surface area contributed by atoms with Gasteiger partial charge in [-0.05, 0) is 18.2 Å². The Bertz CT molecular complexity index is 942. The molecule has 4 rings (SSSR count). The Morgan fingerprint density at radius 2 is 1.74 bits per heavy atom. The van der Waals surface area contributed by atoms with Crippen molar-refractivity contribution >= 4 is 34.4 Å². The molecule has 0 spiro atoms. The molecule has 1 aliphatic heterocycles. The number of nitrogens with zero attached hydrogens (tertiary/aromatic N) is 3. The van der Waals surface area contributed by atoms with E-state index in [0.29, 0.717) is 4.74 Å². The monoisotopic (exact) mass is 305 g/mol. The molecule has 3 aromatic rings. The zero-order valence-electron chi connectivity index (χ0n) is 12.6. The fourth-order valence-electron chi connectivity index (χ4n) is 3.14. The lowest BCUT2D eigenvalue weighted by Gasteiger charge is -2.20. The van der Waals surface area contributed by atoms with Crippen molar-refractivity contribution in [3.63, 3.8) is 0 Å². The van der Waals surface area contributed by atoms with Crippen molar-refractivity contribution in [3.8, 4) is 0 Å². The Morgan fingerprint density at radius 3 is 2.52 bits per heavy atom. The van der Waals surface area contributed by atoms with Crippen LogP contribution in [-0.2, 0) is 11.8 Å². The molecule has 2 aromatic carbocycles. The van der Waals surface area contributed by atoms with Gasteiger partial charge >= 0.3 is 0 Å². The highest BCUT2D eigenvalue weighted by molar-refractivity contribution is 6.14. The van der Waals surface area contributed by atoms with Gasteiger partial charge in [0.15, 0.2) is 0 Å². The number of amides is 1. The van der Waals surface area contributed by atoms with Gasteiger partial charge in [-0.15, -0.1) is 0 Å². The predicted molar refractivity (Wildman–Crippen MR) is 90.2 cm³/mol. The van der Waals surface area contributed by atoms with Crippen LogP contribution >= 0.6 is 0 Å². The van der Waals surface area contributed by atoms with E-state index < -0.39 is 0 Å². The van der Waals surface area contributed by atoms with E-state index in [4.69, 9.17) is 0 Å². The number of carbonyl (C=O) groups is 1. The minimum atomic E-state index is -0.238. The fraction of sp³-hybridized carbons (Fsp3) is 0.111. The number of hydrogen-bond donors (Lipinski definition) is 0. The third kappa shape index (κ3) is 2.01. The first-order chi connectivity index (χ1) is 11.2. The standard InChI is InChI=1S/C18H15N3O2/c1-19-15-10-6-5-9-14(15)18-16(19)11-20(23)12-17(22)21(18)13-7-3-2-4-8-13/h2-11H,12H2,1H3. The van der Waals surface area contributed by atoms with Gasteiger partial charge in [-0.1, -0.05) is 36.4 Å². The number of anilines is 2. The lowest BCUT2D eigenvalue weighted by atomic mass is 10.2. The molecule has 0 radical (unpaired) electrons. The topological polar surface area (TPSA) is 51.3 Å². The molecular formula is C18H15N3O2. The summed E-state index contributed by atoms with van der Waals surface area (Å²) in [5, 5.41) is 13.0. The molecule has 0 saturated carbocycles.